The molecule has 2 aromatic carbocycles. The molecule has 0 saturated carbocycles. The van der Waals surface area contributed by atoms with Crippen molar-refractivity contribution in [1.29, 1.82) is 0 Å². The van der Waals surface area contributed by atoms with E-state index in [1.807, 2.05) is 6.92 Å². The molecule has 0 aliphatic carbocycles. The predicted octanol–water partition coefficient (Wildman–Crippen LogP) is 3.46. The van der Waals surface area contributed by atoms with Gasteiger partial charge in [-0.3, -0.25) is 4.79 Å². The topological polar surface area (TPSA) is 54.4 Å². The average Bonchev–Trinajstić information content (AvgIpc) is 2.48. The molecule has 108 valence electrons. The molecule has 0 heterocycles. The van der Waals surface area contributed by atoms with Gasteiger partial charge in [-0.05, 0) is 24.1 Å². The fraction of sp³-hybridized carbons (Fsp3) is 0.125. The van der Waals surface area contributed by atoms with E-state index in [2.05, 4.69) is 0 Å². The van der Waals surface area contributed by atoms with Gasteiger partial charge in [-0.1, -0.05) is 31.2 Å². The van der Waals surface area contributed by atoms with Gasteiger partial charge in [0.25, 0.3) is 0 Å². The van der Waals surface area contributed by atoms with Crippen LogP contribution in [-0.4, -0.2) is 16.9 Å². The van der Waals surface area contributed by atoms with Crippen LogP contribution in [-0.2, 0) is 6.42 Å². The van der Waals surface area contributed by atoms with E-state index in [0.717, 1.165) is 12.0 Å². The number of rotatable bonds is 4. The Kier molecular flexibility index (Phi) is 4.12. The maximum atomic E-state index is 13.3. The molecule has 21 heavy (non-hydrogen) atoms. The Labute approximate surface area is 119 Å². The molecular formula is C16H12F2O3. The van der Waals surface area contributed by atoms with E-state index in [9.17, 15) is 18.4 Å². The minimum absolute atomic E-state index is 0.223. The number of benzene rings is 2. The lowest BCUT2D eigenvalue weighted by atomic mass is 9.97. The predicted molar refractivity (Wildman–Crippen MR) is 72.6 cm³/mol. The summed E-state index contributed by atoms with van der Waals surface area (Å²) < 4.78 is 26.4. The molecule has 0 saturated heterocycles. The summed E-state index contributed by atoms with van der Waals surface area (Å²) in [5.41, 5.74) is 0.306. The molecule has 0 aliphatic rings. The van der Waals surface area contributed by atoms with Crippen LogP contribution >= 0.6 is 0 Å². The van der Waals surface area contributed by atoms with Crippen molar-refractivity contribution in [3.8, 4) is 0 Å². The first kappa shape index (κ1) is 14.8. The lowest BCUT2D eigenvalue weighted by Gasteiger charge is -2.07. The van der Waals surface area contributed by atoms with Gasteiger partial charge in [0.15, 0.2) is 17.4 Å². The zero-order valence-electron chi connectivity index (χ0n) is 11.2. The molecule has 0 fully saturated rings. The summed E-state index contributed by atoms with van der Waals surface area (Å²) in [5, 5.41) is 9.02. The number of aryl methyl sites for hydroxylation is 1. The summed E-state index contributed by atoms with van der Waals surface area (Å²) in [7, 11) is 0. The minimum Gasteiger partial charge on any atom is -0.478 e. The van der Waals surface area contributed by atoms with Gasteiger partial charge >= 0.3 is 5.97 Å². The Morgan fingerprint density at radius 1 is 1.00 bits per heavy atom. The van der Waals surface area contributed by atoms with Gasteiger partial charge in [-0.2, -0.15) is 0 Å². The second-order valence-electron chi connectivity index (χ2n) is 4.50. The smallest absolute Gasteiger partial charge is 0.336 e. The largest absolute Gasteiger partial charge is 0.478 e. The molecule has 0 radical (unpaired) electrons. The van der Waals surface area contributed by atoms with Crippen LogP contribution in [0.4, 0.5) is 8.78 Å². The molecule has 0 aliphatic heterocycles. The van der Waals surface area contributed by atoms with Crippen molar-refractivity contribution in [2.75, 3.05) is 0 Å². The highest BCUT2D eigenvalue weighted by Gasteiger charge is 2.21. The van der Waals surface area contributed by atoms with Crippen molar-refractivity contribution in [2.24, 2.45) is 0 Å². The van der Waals surface area contributed by atoms with Crippen molar-refractivity contribution in [1.82, 2.24) is 0 Å². The summed E-state index contributed by atoms with van der Waals surface area (Å²) in [5.74, 6) is -4.70. The fourth-order valence-corrected chi connectivity index (χ4v) is 1.96. The molecular weight excluding hydrogens is 278 g/mol. The molecule has 0 spiro atoms. The van der Waals surface area contributed by atoms with Crippen molar-refractivity contribution in [2.45, 2.75) is 13.3 Å². The number of carboxylic acid groups (broad SMARTS) is 1. The van der Waals surface area contributed by atoms with E-state index in [4.69, 9.17) is 5.11 Å². The number of carbonyl (C=O) groups is 2. The lowest BCUT2D eigenvalue weighted by Crippen LogP contribution is -2.11. The zero-order valence-corrected chi connectivity index (χ0v) is 11.2. The van der Waals surface area contributed by atoms with Crippen LogP contribution in [0.1, 0.15) is 38.8 Å². The molecule has 2 rings (SSSR count). The van der Waals surface area contributed by atoms with Gasteiger partial charge in [0.05, 0.1) is 5.56 Å². The average molecular weight is 290 g/mol. The third-order valence-electron chi connectivity index (χ3n) is 3.16. The second kappa shape index (κ2) is 5.83. The summed E-state index contributed by atoms with van der Waals surface area (Å²) in [6, 6.07) is 7.67. The number of carbonyl (C=O) groups excluding carboxylic acids is 1. The highest BCUT2D eigenvalue weighted by molar-refractivity contribution is 6.14. The molecule has 0 aromatic heterocycles. The number of hydrogen-bond donors (Lipinski definition) is 1. The number of hydrogen-bond acceptors (Lipinski definition) is 2. The van der Waals surface area contributed by atoms with Crippen LogP contribution in [0.3, 0.4) is 0 Å². The van der Waals surface area contributed by atoms with Gasteiger partial charge in [-0.25, -0.2) is 13.6 Å². The number of carboxylic acids is 1. The Balaban J connectivity index is 2.51. The molecule has 0 unspecified atom stereocenters. The summed E-state index contributed by atoms with van der Waals surface area (Å²) in [6.07, 6.45) is 0.792. The number of ketones is 1. The standard InChI is InChI=1S/C16H12F2O3/c1-2-9-3-5-10(6-4-9)15(19)11-7-13(17)14(18)8-12(11)16(20)21/h3-8H,2H2,1H3,(H,20,21). The monoisotopic (exact) mass is 290 g/mol. The summed E-state index contributed by atoms with van der Waals surface area (Å²) in [6.45, 7) is 1.95. The van der Waals surface area contributed by atoms with Gasteiger partial charge in [0, 0.05) is 11.1 Å². The van der Waals surface area contributed by atoms with Crippen LogP contribution in [0.5, 0.6) is 0 Å². The molecule has 0 amide bonds. The number of halogens is 2. The Morgan fingerprint density at radius 3 is 2.00 bits per heavy atom. The maximum absolute atomic E-state index is 13.3. The normalized spacial score (nSPS) is 10.4. The van der Waals surface area contributed by atoms with E-state index in [1.165, 1.54) is 12.1 Å². The second-order valence-corrected chi connectivity index (χ2v) is 4.50. The van der Waals surface area contributed by atoms with Gasteiger partial charge in [0.1, 0.15) is 0 Å². The van der Waals surface area contributed by atoms with Gasteiger partial charge < -0.3 is 5.11 Å². The van der Waals surface area contributed by atoms with Gasteiger partial charge in [-0.15, -0.1) is 0 Å². The molecule has 5 heteroatoms. The highest BCUT2D eigenvalue weighted by atomic mass is 19.2. The zero-order chi connectivity index (χ0) is 15.6. The molecule has 2 aromatic rings. The Bertz CT molecular complexity index is 706. The van der Waals surface area contributed by atoms with Crippen molar-refractivity contribution in [3.05, 3.63) is 70.3 Å². The molecule has 0 bridgehead atoms. The Morgan fingerprint density at radius 2 is 1.52 bits per heavy atom. The fourth-order valence-electron chi connectivity index (χ4n) is 1.96. The van der Waals surface area contributed by atoms with E-state index in [1.54, 1.807) is 12.1 Å². The first-order chi connectivity index (χ1) is 9.93. The van der Waals surface area contributed by atoms with E-state index in [-0.39, 0.29) is 11.1 Å². The van der Waals surface area contributed by atoms with E-state index < -0.39 is 29.0 Å². The van der Waals surface area contributed by atoms with Crippen molar-refractivity contribution in [3.63, 3.8) is 0 Å². The quantitative estimate of drug-likeness (QED) is 0.877. The first-order valence-electron chi connectivity index (χ1n) is 6.30. The lowest BCUT2D eigenvalue weighted by molar-refractivity contribution is 0.0692. The third kappa shape index (κ3) is 2.97. The Hall–Kier alpha value is -2.56. The van der Waals surface area contributed by atoms with E-state index >= 15 is 0 Å². The summed E-state index contributed by atoms with van der Waals surface area (Å²) in [4.78, 5) is 23.4. The molecule has 0 atom stereocenters. The number of aromatic carboxylic acids is 1. The SMILES string of the molecule is CCc1ccc(C(=O)c2cc(F)c(F)cc2C(=O)O)cc1. The first-order valence-corrected chi connectivity index (χ1v) is 6.30. The highest BCUT2D eigenvalue weighted by Crippen LogP contribution is 2.19. The van der Waals surface area contributed by atoms with Crippen LogP contribution in [0, 0.1) is 11.6 Å². The molecule has 3 nitrogen and oxygen atoms in total. The van der Waals surface area contributed by atoms with Crippen LogP contribution in [0.25, 0.3) is 0 Å². The van der Waals surface area contributed by atoms with Crippen LogP contribution in [0.2, 0.25) is 0 Å². The maximum Gasteiger partial charge on any atom is 0.336 e. The van der Waals surface area contributed by atoms with Crippen LogP contribution in [0.15, 0.2) is 36.4 Å². The van der Waals surface area contributed by atoms with Crippen molar-refractivity contribution >= 4 is 11.8 Å². The van der Waals surface area contributed by atoms with Crippen LogP contribution < -0.4 is 0 Å². The molecule has 1 N–H and O–H groups in total. The minimum atomic E-state index is -1.48. The van der Waals surface area contributed by atoms with Crippen molar-refractivity contribution < 1.29 is 23.5 Å². The van der Waals surface area contributed by atoms with E-state index in [0.29, 0.717) is 12.1 Å². The summed E-state index contributed by atoms with van der Waals surface area (Å²) >= 11 is 0. The third-order valence-corrected chi connectivity index (χ3v) is 3.16. The van der Waals surface area contributed by atoms with Gasteiger partial charge in [0.2, 0.25) is 0 Å².